The molecule has 1 heterocycles. The third-order valence-corrected chi connectivity index (χ3v) is 3.98. The van der Waals surface area contributed by atoms with Crippen LogP contribution >= 0.6 is 0 Å². The first-order valence-corrected chi connectivity index (χ1v) is 6.82. The summed E-state index contributed by atoms with van der Waals surface area (Å²) >= 11 is 0. The second-order valence-corrected chi connectivity index (χ2v) is 6.43. The summed E-state index contributed by atoms with van der Waals surface area (Å²) in [5.41, 5.74) is 4.71. The zero-order chi connectivity index (χ0) is 15.9. The van der Waals surface area contributed by atoms with Gasteiger partial charge < -0.3 is 5.73 Å². The van der Waals surface area contributed by atoms with Crippen molar-refractivity contribution in [2.24, 2.45) is 5.73 Å². The van der Waals surface area contributed by atoms with Crippen molar-refractivity contribution in [2.45, 2.75) is 44.7 Å². The first-order chi connectivity index (χ1) is 9.62. The molecule has 1 aliphatic heterocycles. The van der Waals surface area contributed by atoms with E-state index in [9.17, 15) is 18.0 Å². The molecule has 0 spiro atoms. The second-order valence-electron chi connectivity index (χ2n) is 6.43. The van der Waals surface area contributed by atoms with Crippen LogP contribution < -0.4 is 5.73 Å². The third kappa shape index (κ3) is 2.90. The Bertz CT molecular complexity index is 569. The van der Waals surface area contributed by atoms with E-state index < -0.39 is 35.3 Å². The van der Waals surface area contributed by atoms with Gasteiger partial charge in [0.15, 0.2) is 11.6 Å². The van der Waals surface area contributed by atoms with Crippen molar-refractivity contribution in [3.63, 3.8) is 0 Å². The van der Waals surface area contributed by atoms with E-state index in [1.165, 1.54) is 0 Å². The maximum atomic E-state index is 13.9. The highest BCUT2D eigenvalue weighted by atomic mass is 19.2. The summed E-state index contributed by atoms with van der Waals surface area (Å²) in [5.74, 6) is -4.20. The number of nitrogens with two attached hydrogens (primary N) is 1. The molecule has 3 nitrogen and oxygen atoms in total. The highest BCUT2D eigenvalue weighted by Crippen LogP contribution is 2.38. The molecule has 1 aromatic carbocycles. The summed E-state index contributed by atoms with van der Waals surface area (Å²) in [6, 6.07) is 1.06. The van der Waals surface area contributed by atoms with Crippen LogP contribution in [-0.4, -0.2) is 28.9 Å². The van der Waals surface area contributed by atoms with Crippen LogP contribution in [0.5, 0.6) is 0 Å². The van der Waals surface area contributed by atoms with Gasteiger partial charge in [0, 0.05) is 23.6 Å². The Morgan fingerprint density at radius 3 is 2.29 bits per heavy atom. The first-order valence-electron chi connectivity index (χ1n) is 6.82. The minimum atomic E-state index is -1.18. The van der Waals surface area contributed by atoms with Gasteiger partial charge in [0.2, 0.25) is 5.91 Å². The fraction of sp³-hybridized carbons (Fsp3) is 0.533. The molecule has 1 aliphatic rings. The fourth-order valence-corrected chi connectivity index (χ4v) is 2.97. The van der Waals surface area contributed by atoms with Crippen molar-refractivity contribution in [1.82, 2.24) is 4.90 Å². The summed E-state index contributed by atoms with van der Waals surface area (Å²) in [5, 5.41) is 0. The molecule has 1 unspecified atom stereocenters. The van der Waals surface area contributed by atoms with Gasteiger partial charge in [-0.3, -0.25) is 9.69 Å². The average Bonchev–Trinajstić information content (AvgIpc) is 2.79. The van der Waals surface area contributed by atoms with Gasteiger partial charge in [0.1, 0.15) is 5.82 Å². The second kappa shape index (κ2) is 5.33. The Morgan fingerprint density at radius 1 is 1.24 bits per heavy atom. The Kier molecular flexibility index (Phi) is 4.02. The molecule has 21 heavy (non-hydrogen) atoms. The maximum Gasteiger partial charge on any atom is 0.234 e. The van der Waals surface area contributed by atoms with Crippen molar-refractivity contribution in [2.75, 3.05) is 6.54 Å². The van der Waals surface area contributed by atoms with Gasteiger partial charge in [-0.05, 0) is 39.3 Å². The van der Waals surface area contributed by atoms with Crippen LogP contribution in [0.1, 0.15) is 38.7 Å². The van der Waals surface area contributed by atoms with E-state index >= 15 is 0 Å². The van der Waals surface area contributed by atoms with Crippen molar-refractivity contribution in [3.8, 4) is 0 Å². The van der Waals surface area contributed by atoms with Crippen molar-refractivity contribution in [1.29, 1.82) is 0 Å². The van der Waals surface area contributed by atoms with Crippen molar-refractivity contribution in [3.05, 3.63) is 35.1 Å². The zero-order valence-electron chi connectivity index (χ0n) is 12.3. The van der Waals surface area contributed by atoms with Crippen molar-refractivity contribution < 1.29 is 18.0 Å². The molecule has 0 radical (unpaired) electrons. The number of hydrogen-bond acceptors (Lipinski definition) is 2. The summed E-state index contributed by atoms with van der Waals surface area (Å²) in [6.07, 6.45) is 0.184. The molecular formula is C15H19F3N2O. The Morgan fingerprint density at radius 2 is 1.81 bits per heavy atom. The number of rotatable bonds is 2. The van der Waals surface area contributed by atoms with Crippen LogP contribution in [0.4, 0.5) is 13.2 Å². The van der Waals surface area contributed by atoms with Gasteiger partial charge in [-0.1, -0.05) is 0 Å². The van der Waals surface area contributed by atoms with Crippen LogP contribution in [0.25, 0.3) is 0 Å². The highest BCUT2D eigenvalue weighted by Gasteiger charge is 2.43. The molecule has 0 bridgehead atoms. The highest BCUT2D eigenvalue weighted by molar-refractivity contribution is 5.80. The third-order valence-electron chi connectivity index (χ3n) is 3.98. The molecule has 0 aliphatic carbocycles. The quantitative estimate of drug-likeness (QED) is 0.853. The number of primary amides is 1. The van der Waals surface area contributed by atoms with Crippen LogP contribution in [-0.2, 0) is 4.79 Å². The molecule has 0 saturated carbocycles. The smallest absolute Gasteiger partial charge is 0.234 e. The number of nitrogens with zero attached hydrogens (tertiary/aromatic N) is 1. The molecule has 1 saturated heterocycles. The number of likely N-dealkylation sites (tertiary alicyclic amines) is 1. The summed E-state index contributed by atoms with van der Waals surface area (Å²) < 4.78 is 41.2. The van der Waals surface area contributed by atoms with Crippen LogP contribution in [0.3, 0.4) is 0 Å². The predicted molar refractivity (Wildman–Crippen MR) is 73.1 cm³/mol. The van der Waals surface area contributed by atoms with E-state index in [4.69, 9.17) is 5.73 Å². The topological polar surface area (TPSA) is 46.3 Å². The monoisotopic (exact) mass is 300 g/mol. The number of hydrogen-bond donors (Lipinski definition) is 1. The molecule has 2 atom stereocenters. The number of carbonyl (C=O) groups is 1. The standard InChI is InChI=1S/C15H19F3N2O/c1-15(2,3)20-7-8(6-11(20)14(19)21)12-9(16)4-5-10(17)13(12)18/h4-5,8,11H,6-7H2,1-3H3,(H2,19,21)/t8-,11?/m0/s1. The summed E-state index contributed by atoms with van der Waals surface area (Å²) in [7, 11) is 0. The van der Waals surface area contributed by atoms with Gasteiger partial charge in [0.05, 0.1) is 6.04 Å². The predicted octanol–water partition coefficient (Wildman–Crippen LogP) is 2.55. The molecule has 6 heteroatoms. The minimum Gasteiger partial charge on any atom is -0.368 e. The van der Waals surface area contributed by atoms with Crippen molar-refractivity contribution >= 4 is 5.91 Å². The first kappa shape index (κ1) is 15.8. The molecule has 1 amide bonds. The Labute approximate surface area is 121 Å². The van der Waals surface area contributed by atoms with Crippen LogP contribution in [0.2, 0.25) is 0 Å². The van der Waals surface area contributed by atoms with E-state index in [1.54, 1.807) is 0 Å². The van der Waals surface area contributed by atoms with Gasteiger partial charge in [-0.25, -0.2) is 13.2 Å². The average molecular weight is 300 g/mol. The molecule has 0 aromatic heterocycles. The molecule has 1 aromatic rings. The minimum absolute atomic E-state index is 0.184. The lowest BCUT2D eigenvalue weighted by Crippen LogP contribution is -2.49. The normalized spacial score (nSPS) is 23.5. The van der Waals surface area contributed by atoms with Gasteiger partial charge >= 0.3 is 0 Å². The zero-order valence-corrected chi connectivity index (χ0v) is 12.3. The summed E-state index contributed by atoms with van der Waals surface area (Å²) in [6.45, 7) is 5.94. The van der Waals surface area contributed by atoms with E-state index in [0.29, 0.717) is 0 Å². The van der Waals surface area contributed by atoms with Gasteiger partial charge in [-0.15, -0.1) is 0 Å². The lowest BCUT2D eigenvalue weighted by Gasteiger charge is -2.35. The summed E-state index contributed by atoms with van der Waals surface area (Å²) in [4.78, 5) is 13.4. The molecule has 2 rings (SSSR count). The Hall–Kier alpha value is -1.56. The fourth-order valence-electron chi connectivity index (χ4n) is 2.97. The molecule has 1 fully saturated rings. The Balaban J connectivity index is 2.40. The van der Waals surface area contributed by atoms with E-state index in [2.05, 4.69) is 0 Å². The van der Waals surface area contributed by atoms with E-state index in [-0.39, 0.29) is 24.1 Å². The lowest BCUT2D eigenvalue weighted by atomic mass is 9.95. The number of halogens is 3. The number of carbonyl (C=O) groups excluding carboxylic acids is 1. The van der Waals surface area contributed by atoms with E-state index in [1.807, 2.05) is 25.7 Å². The van der Waals surface area contributed by atoms with Gasteiger partial charge in [0.25, 0.3) is 0 Å². The number of amides is 1. The maximum absolute atomic E-state index is 13.9. The SMILES string of the molecule is CC(C)(C)N1C[C@@H](c2c(F)ccc(F)c2F)CC1C(N)=O. The number of benzene rings is 1. The lowest BCUT2D eigenvalue weighted by molar-refractivity contribution is -0.123. The molecular weight excluding hydrogens is 281 g/mol. The molecule has 2 N–H and O–H groups in total. The van der Waals surface area contributed by atoms with Crippen LogP contribution in [0.15, 0.2) is 12.1 Å². The van der Waals surface area contributed by atoms with Gasteiger partial charge in [-0.2, -0.15) is 0 Å². The largest absolute Gasteiger partial charge is 0.368 e. The van der Waals surface area contributed by atoms with Crippen LogP contribution in [0, 0.1) is 17.5 Å². The molecule has 116 valence electrons. The van der Waals surface area contributed by atoms with E-state index in [0.717, 1.165) is 12.1 Å².